The Kier molecular flexibility index (Phi) is 62.1. The zero-order valence-electron chi connectivity index (χ0n) is 44.6. The van der Waals surface area contributed by atoms with Crippen molar-refractivity contribution in [2.75, 3.05) is 38.5 Å². The summed E-state index contributed by atoms with van der Waals surface area (Å²) in [5.74, 6) is -0.588. The van der Waals surface area contributed by atoms with Crippen LogP contribution in [0.1, 0.15) is 195 Å². The van der Waals surface area contributed by atoms with Crippen molar-refractivity contribution in [3.05, 3.63) is 24.3 Å². The predicted octanol–water partition coefficient (Wildman–Crippen LogP) is 9.91. The van der Waals surface area contributed by atoms with Crippen LogP contribution in [-0.4, -0.2) is 125 Å². The summed E-state index contributed by atoms with van der Waals surface area (Å²) in [6.45, 7) is 17.1. The zero-order chi connectivity index (χ0) is 55.7. The van der Waals surface area contributed by atoms with Crippen molar-refractivity contribution in [3.63, 3.8) is 0 Å². The van der Waals surface area contributed by atoms with Crippen molar-refractivity contribution in [3.8, 4) is 0 Å². The molecule has 8 N–H and O–H groups in total. The van der Waals surface area contributed by atoms with Crippen molar-refractivity contribution in [1.29, 1.82) is 0 Å². The topological polar surface area (TPSA) is 277 Å². The fourth-order valence-corrected chi connectivity index (χ4v) is 8.98. The average molecular weight is 1200 g/mol. The van der Waals surface area contributed by atoms with Crippen LogP contribution in [-0.2, 0) is 66.8 Å². The summed E-state index contributed by atoms with van der Waals surface area (Å²) >= 11 is 10.7. The molecule has 0 bridgehead atoms. The van der Waals surface area contributed by atoms with Gasteiger partial charge in [-0.05, 0) is 95.4 Å². The molecule has 4 aliphatic heterocycles. The highest BCUT2D eigenvalue weighted by molar-refractivity contribution is 8.40. The number of ketones is 2. The third kappa shape index (κ3) is 40.3. The summed E-state index contributed by atoms with van der Waals surface area (Å²) in [6.07, 6.45) is 17.7. The van der Waals surface area contributed by atoms with Crippen LogP contribution in [0, 0.1) is 17.8 Å². The summed E-state index contributed by atoms with van der Waals surface area (Å²) < 4.78 is 0. The minimum Gasteiger partial charge on any atom is -0.369 e. The molecule has 3 unspecified atom stereocenters. The highest BCUT2D eigenvalue weighted by atomic mass is 32.7. The van der Waals surface area contributed by atoms with Crippen molar-refractivity contribution < 1.29 is 47.9 Å². The van der Waals surface area contributed by atoms with Gasteiger partial charge in [-0.25, -0.2) is 4.79 Å². The Morgan fingerprint density at radius 3 is 1.38 bits per heavy atom. The van der Waals surface area contributed by atoms with Gasteiger partial charge in [0, 0.05) is 106 Å². The number of hydrogen-bond donors (Lipinski definition) is 6. The van der Waals surface area contributed by atoms with E-state index in [-0.39, 0.29) is 152 Å². The van der Waals surface area contributed by atoms with E-state index in [2.05, 4.69) is 44.9 Å². The van der Waals surface area contributed by atoms with Crippen LogP contribution in [0.3, 0.4) is 0 Å². The Bertz CT molecular complexity index is 1790. The highest BCUT2D eigenvalue weighted by Crippen LogP contribution is 2.33. The first kappa shape index (κ1) is 88.0. The molecule has 0 aromatic carbocycles. The van der Waals surface area contributed by atoms with Crippen LogP contribution in [0.5, 0.6) is 0 Å². The van der Waals surface area contributed by atoms with Gasteiger partial charge in [-0.2, -0.15) is 11.8 Å². The van der Waals surface area contributed by atoms with E-state index in [0.717, 1.165) is 120 Å². The van der Waals surface area contributed by atoms with Gasteiger partial charge in [-0.15, -0.1) is 0 Å². The molecule has 6 atom stereocenters. The lowest BCUT2D eigenvalue weighted by molar-refractivity contribution is -0.139. The molecule has 454 valence electrons. The first-order valence-electron chi connectivity index (χ1n) is 25.8. The maximum atomic E-state index is 11.9. The van der Waals surface area contributed by atoms with E-state index in [9.17, 15) is 47.9 Å². The maximum Gasteiger partial charge on any atom is 0.315 e. The molecule has 4 rings (SSSR count). The molecule has 0 aliphatic carbocycles. The van der Waals surface area contributed by atoms with Gasteiger partial charge >= 0.3 is 6.03 Å². The Morgan fingerprint density at radius 2 is 1.01 bits per heavy atom. The number of thioether (sulfide) groups is 1. The van der Waals surface area contributed by atoms with Crippen LogP contribution in [0.2, 0.25) is 0 Å². The second-order valence-corrected chi connectivity index (χ2v) is 22.9. The third-order valence-electron chi connectivity index (χ3n) is 12.0. The van der Waals surface area contributed by atoms with Crippen molar-refractivity contribution in [2.45, 2.75) is 213 Å². The lowest BCUT2D eigenvalue weighted by Crippen LogP contribution is -2.36. The predicted molar refractivity (Wildman–Crippen MR) is 333 cm³/mol. The number of nitrogens with zero attached hydrogens (tertiary/aromatic N) is 2. The number of nitrogens with two attached hydrogens (primary N) is 2. The summed E-state index contributed by atoms with van der Waals surface area (Å²) in [5, 5.41) is 12.0. The normalized spacial score (nSPS) is 17.0. The van der Waals surface area contributed by atoms with E-state index in [0.29, 0.717) is 24.8 Å². The van der Waals surface area contributed by atoms with Crippen LogP contribution >= 0.6 is 25.9 Å². The quantitative estimate of drug-likeness (QED) is 0.0169. The molecule has 0 aromatic heterocycles. The number of fused-ring (bicyclic) bond motifs is 1. The van der Waals surface area contributed by atoms with E-state index in [1.807, 2.05) is 53.3 Å². The molecule has 4 aliphatic rings. The van der Waals surface area contributed by atoms with Gasteiger partial charge in [-0.1, -0.05) is 117 Å². The standard InChI is InChI=1S/C23H35N5O5S.C15H22N2O4.C8H17NO.2C2H6.5CH4.P2S2/c24-22(32)15(6-2-1-3-8-17-21-16(14-34-17)26-23(33)27-21)7-4-5-12-25-18(29)11-13-28-19(30)9-10-20(28)31;1-11(12(2)18)5-3-4-9-16-13(19)8-10-17-14(20)6-7-15(17)21;1-7(8(2)10)5-3-4-6-9;2*1-2;;;;;;3-1-2-4/h9-10,15-17,21H,1-8,11-14H2,(H2,24,32)(H,25,29)(H2,26,27,33);6-7,11H,3-5,8-10H2,1-2H3,(H,16,19);7H,3-6,9H2,1-2H3;2*1-2H3;5*1H4;/t15-,16?,17?,21?;11-;7-;;;;;;;;/m000......../s1. The van der Waals surface area contributed by atoms with Crippen molar-refractivity contribution in [1.82, 2.24) is 31.1 Å². The molecular formula is C55H106N8O10P2S3. The van der Waals surface area contributed by atoms with E-state index in [1.165, 1.54) is 24.3 Å². The molecule has 0 radical (unpaired) electrons. The maximum absolute atomic E-state index is 11.9. The van der Waals surface area contributed by atoms with E-state index in [1.54, 1.807) is 13.8 Å². The Hall–Kier alpha value is -3.87. The molecule has 4 heterocycles. The van der Waals surface area contributed by atoms with Gasteiger partial charge in [0.05, 0.1) is 12.1 Å². The summed E-state index contributed by atoms with van der Waals surface area (Å²) in [5.41, 5.74) is 10.9. The molecule has 0 spiro atoms. The minimum absolute atomic E-state index is 0. The fourth-order valence-electron chi connectivity index (χ4n) is 7.44. The molecule has 2 fully saturated rings. The largest absolute Gasteiger partial charge is 0.369 e. The Labute approximate surface area is 489 Å². The van der Waals surface area contributed by atoms with Crippen molar-refractivity contribution in [2.24, 2.45) is 29.2 Å². The first-order chi connectivity index (χ1) is 34.9. The lowest BCUT2D eigenvalue weighted by Gasteiger charge is -2.17. The number of unbranched alkanes of at least 4 members (excludes halogenated alkanes) is 5. The van der Waals surface area contributed by atoms with E-state index < -0.39 is 0 Å². The van der Waals surface area contributed by atoms with Crippen molar-refractivity contribution >= 4 is 108 Å². The smallest absolute Gasteiger partial charge is 0.315 e. The number of imide groups is 2. The van der Waals surface area contributed by atoms with Crippen LogP contribution in [0.4, 0.5) is 4.79 Å². The number of rotatable bonds is 30. The van der Waals surface area contributed by atoms with Gasteiger partial charge in [0.25, 0.3) is 23.6 Å². The second kappa shape index (κ2) is 55.1. The molecule has 78 heavy (non-hydrogen) atoms. The summed E-state index contributed by atoms with van der Waals surface area (Å²) in [4.78, 5) is 116. The lowest BCUT2D eigenvalue weighted by atomic mass is 9.94. The van der Waals surface area contributed by atoms with Crippen LogP contribution in [0.15, 0.2) is 24.3 Å². The third-order valence-corrected chi connectivity index (χ3v) is 16.2. The monoisotopic (exact) mass is 1200 g/mol. The van der Waals surface area contributed by atoms with Gasteiger partial charge in [0.1, 0.15) is 11.6 Å². The number of primary amides is 1. The van der Waals surface area contributed by atoms with E-state index in [4.69, 9.17) is 11.5 Å². The SMILES string of the molecule is C.C.C.C.C.CC.CC.CC(=O)[C@@H](C)CCCCN.CC(=O)[C@@H](C)CCCCNC(=O)CCN1C(=O)C=CC1=O.NC(=O)[C@@H](CCCCCC1SCC2NC(=O)NC21)CCCCNC(=O)CCN1C(=O)C=CC1=O.S=PP=S. The van der Waals surface area contributed by atoms with Gasteiger partial charge in [0.2, 0.25) is 17.7 Å². The average Bonchev–Trinajstić information content (AvgIpc) is 4.12. The van der Waals surface area contributed by atoms with Gasteiger partial charge in [0.15, 0.2) is 0 Å². The highest BCUT2D eigenvalue weighted by Gasteiger charge is 2.42. The van der Waals surface area contributed by atoms with Gasteiger partial charge in [-0.3, -0.25) is 53.0 Å². The fraction of sp³-hybridized carbons (Fsp3) is 0.745. The summed E-state index contributed by atoms with van der Waals surface area (Å²) in [6, 6.07) is 0.428. The molecule has 0 saturated carbocycles. The number of urea groups is 1. The van der Waals surface area contributed by atoms with Gasteiger partial charge < -0.3 is 32.7 Å². The molecular weight excluding hydrogens is 1090 g/mol. The number of amides is 9. The molecule has 2 saturated heterocycles. The number of carbonyl (C=O) groups excluding carboxylic acids is 10. The molecule has 9 amide bonds. The van der Waals surface area contributed by atoms with Crippen LogP contribution < -0.4 is 32.7 Å². The second-order valence-electron chi connectivity index (χ2n) is 17.3. The molecule has 18 nitrogen and oxygen atoms in total. The summed E-state index contributed by atoms with van der Waals surface area (Å²) in [7, 11) is 1.74. The number of Topliss-reactive ketones (excluding diaryl/α,β-unsaturated/α-hetero) is 2. The van der Waals surface area contributed by atoms with Crippen LogP contribution in [0.25, 0.3) is 0 Å². The first-order valence-corrected chi connectivity index (χ1v) is 31.4. The zero-order valence-corrected chi connectivity index (χ0v) is 48.8. The number of carbonyl (C=O) groups is 10. The molecule has 23 heteroatoms. The Balaban J connectivity index is -0.000000197. The minimum atomic E-state index is -0.388. The molecule has 0 aromatic rings. The van der Waals surface area contributed by atoms with E-state index >= 15 is 0 Å². The number of hydrogen-bond acceptors (Lipinski definition) is 14. The Morgan fingerprint density at radius 1 is 0.628 bits per heavy atom. The number of nitrogens with one attached hydrogen (secondary N) is 4.